The van der Waals surface area contributed by atoms with Crippen molar-refractivity contribution in [2.24, 2.45) is 0 Å². The zero-order chi connectivity index (χ0) is 14.5. The van der Waals surface area contributed by atoms with Crippen molar-refractivity contribution in [3.05, 3.63) is 35.0 Å². The highest BCUT2D eigenvalue weighted by Gasteiger charge is 2.14. The Kier molecular flexibility index (Phi) is 4.55. The van der Waals surface area contributed by atoms with E-state index < -0.39 is 0 Å². The Bertz CT molecular complexity index is 644. The summed E-state index contributed by atoms with van der Waals surface area (Å²) in [6.07, 6.45) is 5.32. The number of hydrogen-bond acceptors (Lipinski definition) is 3. The van der Waals surface area contributed by atoms with E-state index in [1.54, 1.807) is 34.0 Å². The fourth-order valence-corrected chi connectivity index (χ4v) is 2.13. The Morgan fingerprint density at radius 1 is 1.40 bits per heavy atom. The molecule has 1 amide bonds. The molecule has 6 nitrogen and oxygen atoms in total. The quantitative estimate of drug-likeness (QED) is 0.795. The topological polar surface area (TPSA) is 59.6 Å². The van der Waals surface area contributed by atoms with Crippen LogP contribution in [0.3, 0.4) is 0 Å². The van der Waals surface area contributed by atoms with E-state index in [9.17, 15) is 9.59 Å². The predicted molar refractivity (Wildman–Crippen MR) is 76.6 cm³/mol. The third kappa shape index (κ3) is 2.89. The molecular weight excluding hydrogens is 256 g/mol. The van der Waals surface area contributed by atoms with E-state index in [1.165, 1.54) is 4.68 Å². The molecule has 0 spiro atoms. The molecule has 0 aromatic carbocycles. The van der Waals surface area contributed by atoms with Gasteiger partial charge in [-0.2, -0.15) is 5.10 Å². The van der Waals surface area contributed by atoms with Crippen LogP contribution < -0.4 is 5.56 Å². The van der Waals surface area contributed by atoms with E-state index in [4.69, 9.17) is 0 Å². The lowest BCUT2D eigenvalue weighted by Crippen LogP contribution is -2.38. The van der Waals surface area contributed by atoms with E-state index in [2.05, 4.69) is 12.0 Å². The second-order valence-corrected chi connectivity index (χ2v) is 4.72. The van der Waals surface area contributed by atoms with E-state index in [-0.39, 0.29) is 18.0 Å². The van der Waals surface area contributed by atoms with Crippen LogP contribution in [0.1, 0.15) is 26.7 Å². The normalized spacial score (nSPS) is 10.9. The lowest BCUT2D eigenvalue weighted by atomic mass is 10.3. The van der Waals surface area contributed by atoms with Gasteiger partial charge in [-0.05, 0) is 25.5 Å². The third-order valence-corrected chi connectivity index (χ3v) is 3.35. The summed E-state index contributed by atoms with van der Waals surface area (Å²) in [7, 11) is 0. The van der Waals surface area contributed by atoms with Crippen LogP contribution in [0.25, 0.3) is 5.52 Å². The molecule has 6 heteroatoms. The molecular formula is C14H20N4O2. The summed E-state index contributed by atoms with van der Waals surface area (Å²) in [5.74, 6) is -0.0635. The maximum atomic E-state index is 12.2. The smallest absolute Gasteiger partial charge is 0.291 e. The monoisotopic (exact) mass is 276 g/mol. The van der Waals surface area contributed by atoms with Crippen molar-refractivity contribution in [3.8, 4) is 0 Å². The predicted octanol–water partition coefficient (Wildman–Crippen LogP) is 1.14. The second-order valence-electron chi connectivity index (χ2n) is 4.72. The van der Waals surface area contributed by atoms with Gasteiger partial charge in [0.15, 0.2) is 0 Å². The molecule has 0 aliphatic rings. The Morgan fingerprint density at radius 2 is 2.20 bits per heavy atom. The van der Waals surface area contributed by atoms with Crippen LogP contribution in [0.4, 0.5) is 0 Å². The summed E-state index contributed by atoms with van der Waals surface area (Å²) in [5.41, 5.74) is 0.293. The number of unbranched alkanes of at least 4 members (excludes halogenated alkanes) is 1. The first-order chi connectivity index (χ1) is 9.67. The molecule has 0 unspecified atom stereocenters. The van der Waals surface area contributed by atoms with Crippen LogP contribution >= 0.6 is 0 Å². The molecule has 108 valence electrons. The van der Waals surface area contributed by atoms with Gasteiger partial charge >= 0.3 is 0 Å². The van der Waals surface area contributed by atoms with Crippen molar-refractivity contribution >= 4 is 11.4 Å². The molecule has 2 rings (SSSR count). The van der Waals surface area contributed by atoms with Crippen molar-refractivity contribution in [2.75, 3.05) is 13.1 Å². The summed E-state index contributed by atoms with van der Waals surface area (Å²) < 4.78 is 2.88. The molecule has 0 saturated heterocycles. The number of carbonyl (C=O) groups excluding carboxylic acids is 1. The molecule has 0 bridgehead atoms. The third-order valence-electron chi connectivity index (χ3n) is 3.35. The largest absolute Gasteiger partial charge is 0.341 e. The molecule has 0 radical (unpaired) electrons. The summed E-state index contributed by atoms with van der Waals surface area (Å²) in [6, 6.07) is 3.50. The van der Waals surface area contributed by atoms with Crippen molar-refractivity contribution in [1.29, 1.82) is 0 Å². The van der Waals surface area contributed by atoms with Crippen LogP contribution in [0.15, 0.2) is 29.5 Å². The van der Waals surface area contributed by atoms with Gasteiger partial charge in [-0.3, -0.25) is 9.59 Å². The number of amides is 1. The van der Waals surface area contributed by atoms with E-state index >= 15 is 0 Å². The summed E-state index contributed by atoms with van der Waals surface area (Å²) >= 11 is 0. The lowest BCUT2D eigenvalue weighted by Gasteiger charge is -2.20. The second kappa shape index (κ2) is 6.36. The number of hydrogen-bond donors (Lipinski definition) is 0. The van der Waals surface area contributed by atoms with Gasteiger partial charge in [0.1, 0.15) is 18.4 Å². The van der Waals surface area contributed by atoms with Gasteiger partial charge in [0.2, 0.25) is 5.91 Å². The number of likely N-dealkylation sites (N-methyl/N-ethyl adjacent to an activating group) is 1. The Balaban J connectivity index is 2.16. The molecule has 2 aromatic rings. The molecule has 20 heavy (non-hydrogen) atoms. The van der Waals surface area contributed by atoms with E-state index in [0.717, 1.165) is 19.4 Å². The zero-order valence-electron chi connectivity index (χ0n) is 12.0. The average Bonchev–Trinajstić information content (AvgIpc) is 2.92. The number of carbonyl (C=O) groups is 1. The minimum absolute atomic E-state index is 0.00192. The number of nitrogens with zero attached hydrogens (tertiary/aromatic N) is 4. The SMILES string of the molecule is CCCCN(CC)C(=O)Cn1ncn2cccc2c1=O. The van der Waals surface area contributed by atoms with Gasteiger partial charge in [-0.15, -0.1) is 0 Å². The van der Waals surface area contributed by atoms with Gasteiger partial charge in [-0.25, -0.2) is 4.68 Å². The number of rotatable bonds is 6. The van der Waals surface area contributed by atoms with Gasteiger partial charge in [0.05, 0.1) is 0 Å². The van der Waals surface area contributed by atoms with Gasteiger partial charge in [0.25, 0.3) is 5.56 Å². The van der Waals surface area contributed by atoms with Crippen LogP contribution in [0.5, 0.6) is 0 Å². The summed E-state index contributed by atoms with van der Waals surface area (Å²) in [5, 5.41) is 4.04. The van der Waals surface area contributed by atoms with Crippen molar-refractivity contribution in [2.45, 2.75) is 33.2 Å². The highest BCUT2D eigenvalue weighted by atomic mass is 16.2. The first-order valence-electron chi connectivity index (χ1n) is 6.98. The van der Waals surface area contributed by atoms with Crippen LogP contribution in [0.2, 0.25) is 0 Å². The van der Waals surface area contributed by atoms with Crippen molar-refractivity contribution in [1.82, 2.24) is 19.1 Å². The summed E-state index contributed by atoms with van der Waals surface area (Å²) in [6.45, 7) is 5.41. The maximum absolute atomic E-state index is 12.2. The molecule has 2 aromatic heterocycles. The molecule has 0 N–H and O–H groups in total. The van der Waals surface area contributed by atoms with Gasteiger partial charge < -0.3 is 9.30 Å². The molecule has 0 atom stereocenters. The average molecular weight is 276 g/mol. The van der Waals surface area contributed by atoms with Crippen LogP contribution in [0, 0.1) is 0 Å². The van der Waals surface area contributed by atoms with Gasteiger partial charge in [-0.1, -0.05) is 13.3 Å². The first kappa shape index (κ1) is 14.3. The fraction of sp³-hybridized carbons (Fsp3) is 0.500. The van der Waals surface area contributed by atoms with E-state index in [1.807, 2.05) is 6.92 Å². The lowest BCUT2D eigenvalue weighted by molar-refractivity contribution is -0.132. The highest BCUT2D eigenvalue weighted by Crippen LogP contribution is 1.99. The zero-order valence-corrected chi connectivity index (χ0v) is 12.0. The van der Waals surface area contributed by atoms with Crippen molar-refractivity contribution < 1.29 is 4.79 Å². The minimum atomic E-state index is -0.239. The number of aromatic nitrogens is 3. The molecule has 0 aliphatic heterocycles. The molecule has 0 fully saturated rings. The summed E-state index contributed by atoms with van der Waals surface area (Å²) in [4.78, 5) is 26.1. The fourth-order valence-electron chi connectivity index (χ4n) is 2.13. The van der Waals surface area contributed by atoms with Gasteiger partial charge in [0, 0.05) is 19.3 Å². The number of fused-ring (bicyclic) bond motifs is 1. The molecule has 0 saturated carbocycles. The molecule has 2 heterocycles. The minimum Gasteiger partial charge on any atom is -0.341 e. The maximum Gasteiger partial charge on any atom is 0.291 e. The standard InChI is InChI=1S/C14H20N4O2/c1-3-5-8-16(4-2)13(19)10-18-14(20)12-7-6-9-17(12)11-15-18/h6-7,9,11H,3-5,8,10H2,1-2H3. The Hall–Kier alpha value is -2.11. The van der Waals surface area contributed by atoms with Crippen molar-refractivity contribution in [3.63, 3.8) is 0 Å². The van der Waals surface area contributed by atoms with Crippen LogP contribution in [-0.2, 0) is 11.3 Å². The first-order valence-corrected chi connectivity index (χ1v) is 6.98. The highest BCUT2D eigenvalue weighted by molar-refractivity contribution is 5.75. The molecule has 0 aliphatic carbocycles. The van der Waals surface area contributed by atoms with Crippen LogP contribution in [-0.4, -0.2) is 38.1 Å². The Labute approximate surface area is 117 Å². The van der Waals surface area contributed by atoms with E-state index in [0.29, 0.717) is 12.1 Å². The Morgan fingerprint density at radius 3 is 2.90 bits per heavy atom.